The van der Waals surface area contributed by atoms with Crippen molar-refractivity contribution in [2.24, 2.45) is 5.73 Å². The van der Waals surface area contributed by atoms with Crippen LogP contribution in [0.1, 0.15) is 24.1 Å². The van der Waals surface area contributed by atoms with E-state index in [4.69, 9.17) is 17.3 Å². The number of hydrogen-bond acceptors (Lipinski definition) is 2. The standard InChI is InChI=1S/C10H14ClNO/c1-6-3-4-8(9(11)5-6)10(12)7(2)13/h3-5,7,10,13H,12H2,1-2H3/t7-,10-/m0/s1. The van der Waals surface area contributed by atoms with E-state index in [9.17, 15) is 5.11 Å². The minimum atomic E-state index is -0.583. The second-order valence-electron chi connectivity index (χ2n) is 3.29. The smallest absolute Gasteiger partial charge is 0.0705 e. The topological polar surface area (TPSA) is 46.2 Å². The lowest BCUT2D eigenvalue weighted by molar-refractivity contribution is 0.164. The fourth-order valence-electron chi connectivity index (χ4n) is 1.16. The molecule has 0 unspecified atom stereocenters. The van der Waals surface area contributed by atoms with Gasteiger partial charge in [0.05, 0.1) is 12.1 Å². The average Bonchev–Trinajstić information content (AvgIpc) is 2.03. The van der Waals surface area contributed by atoms with Gasteiger partial charge in [0.1, 0.15) is 0 Å². The molecule has 0 saturated carbocycles. The zero-order chi connectivity index (χ0) is 10.0. The van der Waals surface area contributed by atoms with E-state index in [0.717, 1.165) is 11.1 Å². The number of rotatable bonds is 2. The Morgan fingerprint density at radius 2 is 2.08 bits per heavy atom. The lowest BCUT2D eigenvalue weighted by Crippen LogP contribution is -2.23. The molecule has 0 spiro atoms. The summed E-state index contributed by atoms with van der Waals surface area (Å²) in [5.74, 6) is 0. The molecule has 13 heavy (non-hydrogen) atoms. The van der Waals surface area contributed by atoms with Gasteiger partial charge in [-0.15, -0.1) is 0 Å². The van der Waals surface area contributed by atoms with Crippen molar-refractivity contribution in [1.82, 2.24) is 0 Å². The van der Waals surface area contributed by atoms with Crippen LogP contribution in [0.5, 0.6) is 0 Å². The van der Waals surface area contributed by atoms with Gasteiger partial charge in [0.25, 0.3) is 0 Å². The van der Waals surface area contributed by atoms with E-state index in [2.05, 4.69) is 0 Å². The molecule has 0 aliphatic rings. The van der Waals surface area contributed by atoms with E-state index in [0.29, 0.717) is 5.02 Å². The Bertz CT molecular complexity index is 299. The number of nitrogens with two attached hydrogens (primary N) is 1. The summed E-state index contributed by atoms with van der Waals surface area (Å²) < 4.78 is 0. The molecule has 0 amide bonds. The third kappa shape index (κ3) is 2.44. The van der Waals surface area contributed by atoms with Crippen LogP contribution in [-0.2, 0) is 0 Å². The number of hydrogen-bond donors (Lipinski definition) is 2. The molecule has 0 aromatic heterocycles. The third-order valence-electron chi connectivity index (χ3n) is 2.03. The first-order valence-corrected chi connectivity index (χ1v) is 4.60. The van der Waals surface area contributed by atoms with Gasteiger partial charge in [0, 0.05) is 5.02 Å². The molecule has 1 aromatic carbocycles. The number of aliphatic hydroxyl groups excluding tert-OH is 1. The molecule has 0 aliphatic heterocycles. The summed E-state index contributed by atoms with van der Waals surface area (Å²) in [5.41, 5.74) is 7.64. The van der Waals surface area contributed by atoms with Gasteiger partial charge in [-0.2, -0.15) is 0 Å². The Kier molecular flexibility index (Phi) is 3.31. The molecule has 0 fully saturated rings. The molecular weight excluding hydrogens is 186 g/mol. The lowest BCUT2D eigenvalue weighted by atomic mass is 10.0. The van der Waals surface area contributed by atoms with Crippen molar-refractivity contribution in [3.05, 3.63) is 34.3 Å². The molecule has 0 bridgehead atoms. The van der Waals surface area contributed by atoms with Gasteiger partial charge in [0.2, 0.25) is 0 Å². The van der Waals surface area contributed by atoms with Crippen LogP contribution in [0.15, 0.2) is 18.2 Å². The summed E-state index contributed by atoms with van der Waals surface area (Å²) in [6, 6.07) is 5.23. The predicted octanol–water partition coefficient (Wildman–Crippen LogP) is 2.03. The van der Waals surface area contributed by atoms with Crippen molar-refractivity contribution < 1.29 is 5.11 Å². The van der Waals surface area contributed by atoms with Crippen LogP contribution in [0.25, 0.3) is 0 Å². The van der Waals surface area contributed by atoms with Crippen LogP contribution < -0.4 is 5.73 Å². The van der Waals surface area contributed by atoms with E-state index in [-0.39, 0.29) is 0 Å². The Hall–Kier alpha value is -0.570. The lowest BCUT2D eigenvalue weighted by Gasteiger charge is -2.16. The van der Waals surface area contributed by atoms with Gasteiger partial charge in [0.15, 0.2) is 0 Å². The molecule has 0 saturated heterocycles. The van der Waals surface area contributed by atoms with Crippen LogP contribution in [0, 0.1) is 6.92 Å². The normalized spacial score (nSPS) is 15.5. The Morgan fingerprint density at radius 1 is 1.46 bits per heavy atom. The summed E-state index contributed by atoms with van der Waals surface area (Å²) in [5, 5.41) is 9.90. The first kappa shape index (κ1) is 10.5. The highest BCUT2D eigenvalue weighted by molar-refractivity contribution is 6.31. The van der Waals surface area contributed by atoms with Gasteiger partial charge in [-0.25, -0.2) is 0 Å². The van der Waals surface area contributed by atoms with Crippen molar-refractivity contribution in [2.45, 2.75) is 26.0 Å². The average molecular weight is 200 g/mol. The molecule has 3 heteroatoms. The molecule has 3 N–H and O–H groups in total. The maximum absolute atomic E-state index is 9.28. The first-order chi connectivity index (χ1) is 6.02. The number of benzene rings is 1. The highest BCUT2D eigenvalue weighted by atomic mass is 35.5. The summed E-state index contributed by atoms with van der Waals surface area (Å²) >= 11 is 5.98. The molecule has 0 aliphatic carbocycles. The van der Waals surface area contributed by atoms with E-state index >= 15 is 0 Å². The predicted molar refractivity (Wildman–Crippen MR) is 54.8 cm³/mol. The maximum Gasteiger partial charge on any atom is 0.0705 e. The van der Waals surface area contributed by atoms with Gasteiger partial charge in [-0.1, -0.05) is 23.7 Å². The fourth-order valence-corrected chi connectivity index (χ4v) is 1.52. The SMILES string of the molecule is Cc1ccc([C@@H](N)[C@H](C)O)c(Cl)c1. The van der Waals surface area contributed by atoms with Crippen LogP contribution in [0.3, 0.4) is 0 Å². The largest absolute Gasteiger partial charge is 0.391 e. The van der Waals surface area contributed by atoms with E-state index in [1.165, 1.54) is 0 Å². The second-order valence-corrected chi connectivity index (χ2v) is 3.70. The molecule has 72 valence electrons. The Labute approximate surface area is 83.3 Å². The van der Waals surface area contributed by atoms with Crippen molar-refractivity contribution in [2.75, 3.05) is 0 Å². The fraction of sp³-hybridized carbons (Fsp3) is 0.400. The van der Waals surface area contributed by atoms with Crippen molar-refractivity contribution in [3.63, 3.8) is 0 Å². The van der Waals surface area contributed by atoms with Gasteiger partial charge in [-0.05, 0) is 31.0 Å². The highest BCUT2D eigenvalue weighted by Crippen LogP contribution is 2.24. The summed E-state index contributed by atoms with van der Waals surface area (Å²) in [6.07, 6.45) is -0.583. The van der Waals surface area contributed by atoms with Crippen molar-refractivity contribution in [3.8, 4) is 0 Å². The van der Waals surface area contributed by atoms with Crippen molar-refractivity contribution >= 4 is 11.6 Å². The number of aliphatic hydroxyl groups is 1. The maximum atomic E-state index is 9.28. The number of aryl methyl sites for hydroxylation is 1. The quantitative estimate of drug-likeness (QED) is 0.766. The molecule has 0 heterocycles. The highest BCUT2D eigenvalue weighted by Gasteiger charge is 2.14. The van der Waals surface area contributed by atoms with Crippen LogP contribution >= 0.6 is 11.6 Å². The molecular formula is C10H14ClNO. The van der Waals surface area contributed by atoms with Gasteiger partial charge < -0.3 is 10.8 Å². The van der Waals surface area contributed by atoms with Crippen LogP contribution in [-0.4, -0.2) is 11.2 Å². The minimum absolute atomic E-state index is 0.409. The van der Waals surface area contributed by atoms with Gasteiger partial charge >= 0.3 is 0 Å². The Morgan fingerprint density at radius 3 is 2.54 bits per heavy atom. The molecule has 0 radical (unpaired) electrons. The van der Waals surface area contributed by atoms with E-state index in [1.54, 1.807) is 6.92 Å². The summed E-state index contributed by atoms with van der Waals surface area (Å²) in [7, 11) is 0. The zero-order valence-corrected chi connectivity index (χ0v) is 8.55. The molecule has 2 atom stereocenters. The molecule has 1 rings (SSSR count). The molecule has 2 nitrogen and oxygen atoms in total. The second kappa shape index (κ2) is 4.09. The third-order valence-corrected chi connectivity index (χ3v) is 2.36. The first-order valence-electron chi connectivity index (χ1n) is 4.22. The van der Waals surface area contributed by atoms with Gasteiger partial charge in [-0.3, -0.25) is 0 Å². The van der Waals surface area contributed by atoms with E-state index in [1.807, 2.05) is 25.1 Å². The van der Waals surface area contributed by atoms with Crippen LogP contribution in [0.4, 0.5) is 0 Å². The summed E-state index contributed by atoms with van der Waals surface area (Å²) in [6.45, 7) is 3.62. The minimum Gasteiger partial charge on any atom is -0.391 e. The number of halogens is 1. The van der Waals surface area contributed by atoms with Crippen LogP contribution in [0.2, 0.25) is 5.02 Å². The summed E-state index contributed by atoms with van der Waals surface area (Å²) in [4.78, 5) is 0. The monoisotopic (exact) mass is 199 g/mol. The molecule has 1 aromatic rings. The van der Waals surface area contributed by atoms with Crippen molar-refractivity contribution in [1.29, 1.82) is 0 Å². The Balaban J connectivity index is 3.01. The zero-order valence-electron chi connectivity index (χ0n) is 7.79. The van der Waals surface area contributed by atoms with E-state index < -0.39 is 12.1 Å².